The van der Waals surface area contributed by atoms with Gasteiger partial charge in [0.05, 0.1) is 6.10 Å². The van der Waals surface area contributed by atoms with Crippen molar-refractivity contribution in [2.24, 2.45) is 5.92 Å². The second-order valence-electron chi connectivity index (χ2n) is 8.06. The van der Waals surface area contributed by atoms with Crippen LogP contribution >= 0.6 is 0 Å². The first kappa shape index (κ1) is 16.0. The Morgan fingerprint density at radius 1 is 1.06 bits per heavy atom. The third kappa shape index (κ3) is 2.22. The third-order valence-corrected chi connectivity index (χ3v) is 11.9. The zero-order valence-electron chi connectivity index (χ0n) is 13.6. The summed E-state index contributed by atoms with van der Waals surface area (Å²) in [6, 6.07) is 0. The topological polar surface area (TPSA) is 9.23 Å². The number of hydrogen-bond donors (Lipinski definition) is 0. The van der Waals surface area contributed by atoms with Crippen molar-refractivity contribution < 1.29 is 4.43 Å². The van der Waals surface area contributed by atoms with Crippen LogP contribution in [-0.2, 0) is 4.43 Å². The van der Waals surface area contributed by atoms with Gasteiger partial charge in [-0.15, -0.1) is 6.58 Å². The molecule has 1 aliphatic heterocycles. The molecule has 1 saturated heterocycles. The van der Waals surface area contributed by atoms with Gasteiger partial charge in [0.1, 0.15) is 0 Å². The minimum atomic E-state index is -1.85. The Bertz CT molecular complexity index is 294. The van der Waals surface area contributed by atoms with E-state index in [0.29, 0.717) is 17.6 Å². The molecule has 0 unspecified atom stereocenters. The summed E-state index contributed by atoms with van der Waals surface area (Å²) in [5.41, 5.74) is 0.697. The van der Waals surface area contributed by atoms with Gasteiger partial charge in [0.2, 0.25) is 8.32 Å². The summed E-state index contributed by atoms with van der Waals surface area (Å²) in [6.07, 6.45) is 3.39. The molecule has 1 aliphatic rings. The molecule has 1 rings (SSSR count). The standard InChI is InChI=1S/C16H32OSi/c1-10-11-14-12(2)13(3)18(17-14,15(4,5)6)16(7,8)9/h10,12-14H,1,11H2,2-9H3/t12-,13+,14-/m0/s1. The van der Waals surface area contributed by atoms with Crippen LogP contribution in [-0.4, -0.2) is 14.4 Å². The quantitative estimate of drug-likeness (QED) is 0.472. The Labute approximate surface area is 115 Å². The van der Waals surface area contributed by atoms with Crippen LogP contribution in [0.4, 0.5) is 0 Å². The molecule has 18 heavy (non-hydrogen) atoms. The number of hydrogen-bond acceptors (Lipinski definition) is 1. The van der Waals surface area contributed by atoms with Crippen LogP contribution in [0.3, 0.4) is 0 Å². The van der Waals surface area contributed by atoms with Gasteiger partial charge in [0.15, 0.2) is 0 Å². The first-order chi connectivity index (χ1) is 7.99. The molecule has 106 valence electrons. The molecule has 0 N–H and O–H groups in total. The minimum Gasteiger partial charge on any atom is -0.412 e. The predicted octanol–water partition coefficient (Wildman–Crippen LogP) is 5.53. The predicted molar refractivity (Wildman–Crippen MR) is 83.5 cm³/mol. The number of rotatable bonds is 2. The van der Waals surface area contributed by atoms with E-state index in [1.165, 1.54) is 0 Å². The van der Waals surface area contributed by atoms with Crippen LogP contribution in [0.1, 0.15) is 61.8 Å². The van der Waals surface area contributed by atoms with Gasteiger partial charge < -0.3 is 4.43 Å². The zero-order chi connectivity index (χ0) is 14.4. The fraction of sp³-hybridized carbons (Fsp3) is 0.875. The van der Waals surface area contributed by atoms with E-state index >= 15 is 0 Å². The lowest BCUT2D eigenvalue weighted by atomic mass is 9.99. The highest BCUT2D eigenvalue weighted by molar-refractivity contribution is 6.81. The van der Waals surface area contributed by atoms with Crippen molar-refractivity contribution in [1.29, 1.82) is 0 Å². The summed E-state index contributed by atoms with van der Waals surface area (Å²) in [6.45, 7) is 23.0. The van der Waals surface area contributed by atoms with Crippen LogP contribution in [0, 0.1) is 5.92 Å². The fourth-order valence-corrected chi connectivity index (χ4v) is 12.1. The first-order valence-corrected chi connectivity index (χ1v) is 9.26. The molecule has 0 aromatic carbocycles. The van der Waals surface area contributed by atoms with Crippen LogP contribution in [0.25, 0.3) is 0 Å². The van der Waals surface area contributed by atoms with Crippen molar-refractivity contribution in [3.8, 4) is 0 Å². The molecule has 0 amide bonds. The molecule has 0 bridgehead atoms. The minimum absolute atomic E-state index is 0.273. The fourth-order valence-electron chi connectivity index (χ4n) is 4.42. The zero-order valence-corrected chi connectivity index (χ0v) is 14.6. The van der Waals surface area contributed by atoms with Crippen molar-refractivity contribution in [3.05, 3.63) is 12.7 Å². The molecule has 3 atom stereocenters. The van der Waals surface area contributed by atoms with Crippen molar-refractivity contribution in [2.75, 3.05) is 0 Å². The summed E-state index contributed by atoms with van der Waals surface area (Å²) in [5, 5.41) is 0.545. The summed E-state index contributed by atoms with van der Waals surface area (Å²) < 4.78 is 6.81. The maximum Gasteiger partial charge on any atom is 0.206 e. The highest BCUT2D eigenvalue weighted by Gasteiger charge is 2.64. The average molecular weight is 269 g/mol. The van der Waals surface area contributed by atoms with Crippen molar-refractivity contribution in [2.45, 2.75) is 83.5 Å². The molecular formula is C16H32OSi. The Balaban J connectivity index is 3.26. The van der Waals surface area contributed by atoms with Crippen molar-refractivity contribution >= 4 is 8.32 Å². The second kappa shape index (κ2) is 4.79. The molecular weight excluding hydrogens is 236 g/mol. The lowest BCUT2D eigenvalue weighted by Crippen LogP contribution is -2.54. The van der Waals surface area contributed by atoms with Gasteiger partial charge in [0, 0.05) is 0 Å². The summed E-state index contributed by atoms with van der Waals surface area (Å²) >= 11 is 0. The maximum absolute atomic E-state index is 6.81. The molecule has 0 spiro atoms. The van der Waals surface area contributed by atoms with Crippen LogP contribution in [0.5, 0.6) is 0 Å². The van der Waals surface area contributed by atoms with Gasteiger partial charge in [0.25, 0.3) is 0 Å². The van der Waals surface area contributed by atoms with Crippen LogP contribution < -0.4 is 0 Å². The molecule has 0 saturated carbocycles. The Morgan fingerprint density at radius 3 is 1.78 bits per heavy atom. The Kier molecular flexibility index (Phi) is 4.25. The van der Waals surface area contributed by atoms with E-state index in [4.69, 9.17) is 4.43 Å². The normalized spacial score (nSPS) is 32.6. The molecule has 2 heteroatoms. The SMILES string of the molecule is C=CC[C@@H]1O[Si](C(C)(C)C)(C(C)(C)C)[C@H](C)[C@@H]1C. The van der Waals surface area contributed by atoms with E-state index in [-0.39, 0.29) is 10.1 Å². The average Bonchev–Trinajstić information content (AvgIpc) is 2.42. The highest BCUT2D eigenvalue weighted by atomic mass is 28.4. The molecule has 1 nitrogen and oxygen atoms in total. The second-order valence-corrected chi connectivity index (χ2v) is 13.7. The smallest absolute Gasteiger partial charge is 0.206 e. The Morgan fingerprint density at radius 2 is 1.50 bits per heavy atom. The molecule has 0 aliphatic carbocycles. The van der Waals surface area contributed by atoms with Crippen molar-refractivity contribution in [1.82, 2.24) is 0 Å². The van der Waals surface area contributed by atoms with Gasteiger partial charge in [-0.05, 0) is 28.0 Å². The first-order valence-electron chi connectivity index (χ1n) is 7.27. The van der Waals surface area contributed by atoms with E-state index in [9.17, 15) is 0 Å². The van der Waals surface area contributed by atoms with Gasteiger partial charge in [-0.2, -0.15) is 0 Å². The summed E-state index contributed by atoms with van der Waals surface area (Å²) in [4.78, 5) is 0. The van der Waals surface area contributed by atoms with Crippen LogP contribution in [0.15, 0.2) is 12.7 Å². The summed E-state index contributed by atoms with van der Waals surface area (Å²) in [5.74, 6) is 0.646. The van der Waals surface area contributed by atoms with E-state index < -0.39 is 8.32 Å². The van der Waals surface area contributed by atoms with Gasteiger partial charge in [-0.1, -0.05) is 61.5 Å². The van der Waals surface area contributed by atoms with E-state index in [1.54, 1.807) is 0 Å². The lowest BCUT2D eigenvalue weighted by molar-refractivity contribution is 0.168. The van der Waals surface area contributed by atoms with E-state index in [2.05, 4.69) is 62.0 Å². The van der Waals surface area contributed by atoms with Crippen molar-refractivity contribution in [3.63, 3.8) is 0 Å². The highest BCUT2D eigenvalue weighted by Crippen LogP contribution is 2.63. The molecule has 1 fully saturated rings. The van der Waals surface area contributed by atoms with Gasteiger partial charge in [-0.25, -0.2) is 0 Å². The lowest BCUT2D eigenvalue weighted by Gasteiger charge is -2.51. The monoisotopic (exact) mass is 268 g/mol. The molecule has 0 radical (unpaired) electrons. The molecule has 0 aromatic rings. The van der Waals surface area contributed by atoms with Gasteiger partial charge >= 0.3 is 0 Å². The van der Waals surface area contributed by atoms with E-state index in [1.807, 2.05) is 6.08 Å². The third-order valence-electron chi connectivity index (χ3n) is 4.98. The molecule has 1 heterocycles. The van der Waals surface area contributed by atoms with Gasteiger partial charge in [-0.3, -0.25) is 0 Å². The van der Waals surface area contributed by atoms with Crippen LogP contribution in [0.2, 0.25) is 15.6 Å². The molecule has 0 aromatic heterocycles. The maximum atomic E-state index is 6.81. The van der Waals surface area contributed by atoms with E-state index in [0.717, 1.165) is 6.42 Å². The summed E-state index contributed by atoms with van der Waals surface area (Å²) in [7, 11) is -1.85. The largest absolute Gasteiger partial charge is 0.412 e. The Hall–Kier alpha value is -0.0831.